The molecule has 1 aliphatic rings. The second-order valence-electron chi connectivity index (χ2n) is 5.51. The van der Waals surface area contributed by atoms with Crippen LogP contribution in [0.2, 0.25) is 0 Å². The Hall–Kier alpha value is -3.23. The minimum atomic E-state index is -1.06. The monoisotopic (exact) mass is 361 g/mol. The van der Waals surface area contributed by atoms with Gasteiger partial charge in [0.15, 0.2) is 0 Å². The van der Waals surface area contributed by atoms with E-state index in [9.17, 15) is 24.0 Å². The molecule has 0 unspecified atom stereocenters. The number of nitrogens with one attached hydrogen (secondary N) is 2. The molecule has 9 nitrogen and oxygen atoms in total. The van der Waals surface area contributed by atoms with Crippen molar-refractivity contribution in [3.63, 3.8) is 0 Å². The van der Waals surface area contributed by atoms with Crippen LogP contribution in [-0.2, 0) is 14.4 Å². The topological polar surface area (TPSA) is 122 Å². The largest absolute Gasteiger partial charge is 0.429 e. The van der Waals surface area contributed by atoms with Crippen LogP contribution in [0.25, 0.3) is 0 Å². The molecule has 0 fully saturated rings. The number of fused-ring (bicyclic) bond motifs is 1. The zero-order valence-corrected chi connectivity index (χ0v) is 14.4. The molecule has 9 heteroatoms. The van der Waals surface area contributed by atoms with E-state index >= 15 is 0 Å². The second-order valence-corrected chi connectivity index (χ2v) is 5.51. The molecule has 0 spiro atoms. The summed E-state index contributed by atoms with van der Waals surface area (Å²) < 4.78 is 4.68. The molecule has 1 heterocycles. The van der Waals surface area contributed by atoms with E-state index in [4.69, 9.17) is 0 Å². The van der Waals surface area contributed by atoms with Gasteiger partial charge in [-0.05, 0) is 25.1 Å². The van der Waals surface area contributed by atoms with Crippen LogP contribution in [-0.4, -0.2) is 54.1 Å². The highest BCUT2D eigenvalue weighted by molar-refractivity contribution is 6.21. The molecule has 0 saturated carbocycles. The zero-order valence-electron chi connectivity index (χ0n) is 14.4. The highest BCUT2D eigenvalue weighted by Gasteiger charge is 2.38. The number of imide groups is 1. The summed E-state index contributed by atoms with van der Waals surface area (Å²) in [6, 6.07) is 2.99. The van der Waals surface area contributed by atoms with Gasteiger partial charge in [0.25, 0.3) is 18.3 Å². The molecule has 0 bridgehead atoms. The van der Waals surface area contributed by atoms with Gasteiger partial charge in [0, 0.05) is 13.0 Å². The lowest BCUT2D eigenvalue weighted by Crippen LogP contribution is -2.53. The standard InChI is InChI=1S/C17H19N3O6/c1-3-14(22)19-13(15(23)18-4-2)8-20-16(24)11-6-5-10(26-9-21)7-12(11)17(20)25/h5-7,9,13H,3-4,8H2,1-2H3,(H,18,23)(H,19,22)/t13-/m0/s1. The van der Waals surface area contributed by atoms with Crippen molar-refractivity contribution in [3.05, 3.63) is 29.3 Å². The van der Waals surface area contributed by atoms with E-state index in [0.29, 0.717) is 6.54 Å². The first-order chi connectivity index (χ1) is 12.4. The Bertz CT molecular complexity index is 761. The summed E-state index contributed by atoms with van der Waals surface area (Å²) in [5.74, 6) is -1.94. The number of nitrogens with zero attached hydrogens (tertiary/aromatic N) is 1. The number of rotatable bonds is 8. The molecule has 2 rings (SSSR count). The summed E-state index contributed by atoms with van der Waals surface area (Å²) in [5.41, 5.74) is 0.218. The lowest BCUT2D eigenvalue weighted by molar-refractivity contribution is -0.129. The normalized spacial score (nSPS) is 13.8. The molecular formula is C17H19N3O6. The molecule has 0 saturated heterocycles. The predicted molar refractivity (Wildman–Crippen MR) is 89.4 cm³/mol. The fraction of sp³-hybridized carbons (Fsp3) is 0.353. The molecule has 26 heavy (non-hydrogen) atoms. The Kier molecular flexibility index (Phi) is 6.05. The highest BCUT2D eigenvalue weighted by Crippen LogP contribution is 2.26. The van der Waals surface area contributed by atoms with Crippen LogP contribution in [0.3, 0.4) is 0 Å². The van der Waals surface area contributed by atoms with Crippen molar-refractivity contribution in [2.45, 2.75) is 26.3 Å². The van der Waals surface area contributed by atoms with Gasteiger partial charge >= 0.3 is 0 Å². The maximum atomic E-state index is 12.6. The summed E-state index contributed by atoms with van der Waals surface area (Å²) in [5, 5.41) is 5.07. The van der Waals surface area contributed by atoms with E-state index < -0.39 is 23.8 Å². The zero-order chi connectivity index (χ0) is 19.3. The summed E-state index contributed by atoms with van der Waals surface area (Å²) in [4.78, 5) is 60.2. The number of hydrogen-bond acceptors (Lipinski definition) is 6. The average Bonchev–Trinajstić information content (AvgIpc) is 2.86. The fourth-order valence-electron chi connectivity index (χ4n) is 2.54. The van der Waals surface area contributed by atoms with E-state index in [1.54, 1.807) is 13.8 Å². The third-order valence-corrected chi connectivity index (χ3v) is 3.82. The lowest BCUT2D eigenvalue weighted by atomic mass is 10.1. The van der Waals surface area contributed by atoms with E-state index in [2.05, 4.69) is 15.4 Å². The molecule has 0 radical (unpaired) electrons. The van der Waals surface area contributed by atoms with Crippen molar-refractivity contribution >= 4 is 30.1 Å². The number of likely N-dealkylation sites (N-methyl/N-ethyl adjacent to an activating group) is 1. The Morgan fingerprint density at radius 1 is 1.19 bits per heavy atom. The summed E-state index contributed by atoms with van der Waals surface area (Å²) in [6.07, 6.45) is 0.157. The van der Waals surface area contributed by atoms with Gasteiger partial charge < -0.3 is 15.4 Å². The van der Waals surface area contributed by atoms with Gasteiger partial charge in [-0.15, -0.1) is 0 Å². The summed E-state index contributed by atoms with van der Waals surface area (Å²) in [6.45, 7) is 3.60. The molecule has 2 N–H and O–H groups in total. The molecule has 1 atom stereocenters. The Balaban J connectivity index is 2.24. The maximum Gasteiger partial charge on any atom is 0.298 e. The minimum Gasteiger partial charge on any atom is -0.429 e. The first-order valence-electron chi connectivity index (χ1n) is 8.10. The van der Waals surface area contributed by atoms with Crippen LogP contribution in [0.15, 0.2) is 18.2 Å². The van der Waals surface area contributed by atoms with E-state index in [1.807, 2.05) is 0 Å². The quantitative estimate of drug-likeness (QED) is 0.490. The van der Waals surface area contributed by atoms with Crippen molar-refractivity contribution in [1.82, 2.24) is 15.5 Å². The van der Waals surface area contributed by atoms with Gasteiger partial charge in [0.2, 0.25) is 11.8 Å². The van der Waals surface area contributed by atoms with Crippen molar-refractivity contribution < 1.29 is 28.7 Å². The van der Waals surface area contributed by atoms with Crippen molar-refractivity contribution in [2.75, 3.05) is 13.1 Å². The van der Waals surface area contributed by atoms with Crippen LogP contribution < -0.4 is 15.4 Å². The maximum absolute atomic E-state index is 12.6. The van der Waals surface area contributed by atoms with Crippen LogP contribution in [0.1, 0.15) is 41.0 Å². The minimum absolute atomic E-state index is 0.0748. The molecule has 4 amide bonds. The molecule has 1 aromatic rings. The number of amides is 4. The second kappa shape index (κ2) is 8.24. The highest BCUT2D eigenvalue weighted by atomic mass is 16.5. The Morgan fingerprint density at radius 2 is 1.88 bits per heavy atom. The van der Waals surface area contributed by atoms with Gasteiger partial charge in [0.05, 0.1) is 17.7 Å². The first kappa shape index (κ1) is 19.1. The van der Waals surface area contributed by atoms with Crippen molar-refractivity contribution in [3.8, 4) is 5.75 Å². The lowest BCUT2D eigenvalue weighted by Gasteiger charge is -2.22. The fourth-order valence-corrected chi connectivity index (χ4v) is 2.54. The molecule has 0 aromatic heterocycles. The summed E-state index contributed by atoms with van der Waals surface area (Å²) >= 11 is 0. The third kappa shape index (κ3) is 3.88. The van der Waals surface area contributed by atoms with E-state index in [0.717, 1.165) is 4.90 Å². The van der Waals surface area contributed by atoms with Crippen molar-refractivity contribution in [1.29, 1.82) is 0 Å². The smallest absolute Gasteiger partial charge is 0.298 e. The molecule has 1 aromatic carbocycles. The van der Waals surface area contributed by atoms with Gasteiger partial charge in [-0.25, -0.2) is 0 Å². The van der Waals surface area contributed by atoms with E-state index in [-0.39, 0.29) is 42.2 Å². The van der Waals surface area contributed by atoms with E-state index in [1.165, 1.54) is 18.2 Å². The average molecular weight is 361 g/mol. The number of hydrogen-bond donors (Lipinski definition) is 2. The number of benzene rings is 1. The van der Waals surface area contributed by atoms with Gasteiger partial charge in [0.1, 0.15) is 11.8 Å². The summed E-state index contributed by atoms with van der Waals surface area (Å²) in [7, 11) is 0. The van der Waals surface area contributed by atoms with Gasteiger partial charge in [-0.1, -0.05) is 6.92 Å². The van der Waals surface area contributed by atoms with Gasteiger partial charge in [-0.3, -0.25) is 28.9 Å². The van der Waals surface area contributed by atoms with Crippen LogP contribution in [0, 0.1) is 0 Å². The van der Waals surface area contributed by atoms with Crippen molar-refractivity contribution in [2.24, 2.45) is 0 Å². The molecule has 138 valence electrons. The number of ether oxygens (including phenoxy) is 1. The van der Waals surface area contributed by atoms with Gasteiger partial charge in [-0.2, -0.15) is 0 Å². The predicted octanol–water partition coefficient (Wildman–Crippen LogP) is -0.151. The number of carbonyl (C=O) groups excluding carboxylic acids is 5. The molecular weight excluding hydrogens is 342 g/mol. The molecule has 1 aliphatic heterocycles. The SMILES string of the molecule is CCNC(=O)[C@H](CN1C(=O)c2ccc(OC=O)cc2C1=O)NC(=O)CC. The van der Waals surface area contributed by atoms with Crippen LogP contribution in [0.5, 0.6) is 5.75 Å². The third-order valence-electron chi connectivity index (χ3n) is 3.82. The first-order valence-corrected chi connectivity index (χ1v) is 8.10. The Labute approximate surface area is 149 Å². The Morgan fingerprint density at radius 3 is 2.50 bits per heavy atom. The van der Waals surface area contributed by atoms with Crippen LogP contribution in [0.4, 0.5) is 0 Å². The number of carbonyl (C=O) groups is 5. The molecule has 0 aliphatic carbocycles. The van der Waals surface area contributed by atoms with Crippen LogP contribution >= 0.6 is 0 Å².